The Morgan fingerprint density at radius 1 is 1.75 bits per heavy atom. The van der Waals surface area contributed by atoms with Crippen LogP contribution in [-0.2, 0) is 9.53 Å². The zero-order valence-electron chi connectivity index (χ0n) is 9.99. The number of esters is 1. The first kappa shape index (κ1) is 13.8. The third kappa shape index (κ3) is 3.94. The topological polar surface area (TPSA) is 50.2 Å². The van der Waals surface area contributed by atoms with Crippen LogP contribution in [0.1, 0.15) is 26.7 Å². The molecule has 1 aliphatic rings. The van der Waals surface area contributed by atoms with Crippen LogP contribution < -0.4 is 0 Å². The molecule has 16 heavy (non-hydrogen) atoms. The first-order valence-corrected chi connectivity index (χ1v) is 8.31. The van der Waals surface area contributed by atoms with Crippen molar-refractivity contribution in [3.63, 3.8) is 0 Å². The van der Waals surface area contributed by atoms with Gasteiger partial charge in [-0.1, -0.05) is 19.2 Å². The van der Waals surface area contributed by atoms with Crippen LogP contribution in [0.2, 0.25) is 0 Å². The molecule has 3 unspecified atom stereocenters. The van der Waals surface area contributed by atoms with E-state index in [1.165, 1.54) is 0 Å². The molecule has 0 aromatic heterocycles. The molecule has 0 amide bonds. The summed E-state index contributed by atoms with van der Waals surface area (Å²) >= 11 is 1.68. The summed E-state index contributed by atoms with van der Waals surface area (Å²) in [7, 11) is 0.346. The van der Waals surface area contributed by atoms with Gasteiger partial charge in [0.1, 0.15) is 5.71 Å². The standard InChI is InChI=1S/C11H19NO2S2/c1-4-8(2)10(12)11(13)14-9-5-6-16(3)7-15-9/h6,8-9,12H,4-5,7H2,1-3H3. The molecule has 3 atom stereocenters. The Kier molecular flexibility index (Phi) is 5.55. The number of carbonyl (C=O) groups is 1. The number of rotatable bonds is 4. The fraction of sp³-hybridized carbons (Fsp3) is 0.727. The average molecular weight is 261 g/mol. The van der Waals surface area contributed by atoms with Gasteiger partial charge < -0.3 is 4.74 Å². The SMILES string of the molecule is CCC(C)C(=N)C(=O)OC1CC=S(C)CS1. The van der Waals surface area contributed by atoms with Gasteiger partial charge in [0.05, 0.1) is 0 Å². The second kappa shape index (κ2) is 6.45. The van der Waals surface area contributed by atoms with E-state index in [9.17, 15) is 4.79 Å². The van der Waals surface area contributed by atoms with Crippen LogP contribution in [-0.4, -0.2) is 33.8 Å². The van der Waals surface area contributed by atoms with Gasteiger partial charge in [0.25, 0.3) is 0 Å². The van der Waals surface area contributed by atoms with Crippen molar-refractivity contribution in [2.75, 3.05) is 11.3 Å². The highest BCUT2D eigenvalue weighted by Gasteiger charge is 2.22. The van der Waals surface area contributed by atoms with Crippen LogP contribution in [0, 0.1) is 11.3 Å². The molecule has 92 valence electrons. The first-order valence-electron chi connectivity index (χ1n) is 5.40. The molecule has 0 spiro atoms. The van der Waals surface area contributed by atoms with Gasteiger partial charge in [-0.3, -0.25) is 5.41 Å². The van der Waals surface area contributed by atoms with Crippen molar-refractivity contribution in [1.29, 1.82) is 5.41 Å². The summed E-state index contributed by atoms with van der Waals surface area (Å²) in [5.74, 6) is -0.455. The quantitative estimate of drug-likeness (QED) is 0.481. The monoisotopic (exact) mass is 261 g/mol. The molecule has 0 bridgehead atoms. The molecule has 0 aromatic carbocycles. The molecule has 1 aliphatic heterocycles. The van der Waals surface area contributed by atoms with Crippen LogP contribution in [0.5, 0.6) is 0 Å². The van der Waals surface area contributed by atoms with E-state index in [0.29, 0.717) is 10.5 Å². The number of hydrogen-bond donors (Lipinski definition) is 1. The van der Waals surface area contributed by atoms with E-state index >= 15 is 0 Å². The fourth-order valence-corrected chi connectivity index (χ4v) is 4.08. The largest absolute Gasteiger partial charge is 0.446 e. The van der Waals surface area contributed by atoms with Gasteiger partial charge in [-0.2, -0.15) is 10.5 Å². The number of nitrogens with one attached hydrogen (secondary N) is 1. The number of carbonyl (C=O) groups excluding carboxylic acids is 1. The first-order chi connectivity index (χ1) is 7.54. The smallest absolute Gasteiger partial charge is 0.353 e. The van der Waals surface area contributed by atoms with Crippen LogP contribution >= 0.6 is 22.2 Å². The fourth-order valence-electron chi connectivity index (χ4n) is 1.21. The lowest BCUT2D eigenvalue weighted by Gasteiger charge is -2.21. The zero-order valence-corrected chi connectivity index (χ0v) is 11.6. The Morgan fingerprint density at radius 2 is 2.44 bits per heavy atom. The van der Waals surface area contributed by atoms with Crippen molar-refractivity contribution in [1.82, 2.24) is 0 Å². The van der Waals surface area contributed by atoms with Gasteiger partial charge in [-0.15, -0.1) is 11.8 Å². The van der Waals surface area contributed by atoms with Crippen molar-refractivity contribution in [3.05, 3.63) is 0 Å². The second-order valence-corrected chi connectivity index (χ2v) is 7.45. The maximum Gasteiger partial charge on any atom is 0.353 e. The third-order valence-corrected chi connectivity index (χ3v) is 6.03. The minimum absolute atomic E-state index is 0.00845. The van der Waals surface area contributed by atoms with Gasteiger partial charge in [0.2, 0.25) is 0 Å². The minimum atomic E-state index is -0.446. The Balaban J connectivity index is 2.43. The van der Waals surface area contributed by atoms with E-state index in [2.05, 4.69) is 11.6 Å². The molecule has 1 N–H and O–H groups in total. The second-order valence-electron chi connectivity index (χ2n) is 3.94. The van der Waals surface area contributed by atoms with Crippen molar-refractivity contribution in [2.24, 2.45) is 5.92 Å². The van der Waals surface area contributed by atoms with E-state index in [1.807, 2.05) is 13.8 Å². The van der Waals surface area contributed by atoms with Crippen LogP contribution in [0.4, 0.5) is 0 Å². The maximum absolute atomic E-state index is 11.6. The van der Waals surface area contributed by atoms with Crippen LogP contribution in [0.25, 0.3) is 0 Å². The predicted octanol–water partition coefficient (Wildman–Crippen LogP) is 2.72. The summed E-state index contributed by atoms with van der Waals surface area (Å²) in [6.45, 7) is 3.85. The molecule has 1 heterocycles. The molecule has 1 rings (SSSR count). The predicted molar refractivity (Wildman–Crippen MR) is 73.7 cm³/mol. The molecular formula is C11H19NO2S2. The lowest BCUT2D eigenvalue weighted by atomic mass is 10.0. The highest BCUT2D eigenvalue weighted by atomic mass is 32.2. The highest BCUT2D eigenvalue weighted by Crippen LogP contribution is 2.29. The van der Waals surface area contributed by atoms with Crippen LogP contribution in [0.15, 0.2) is 0 Å². The summed E-state index contributed by atoms with van der Waals surface area (Å²) in [6, 6.07) is 0. The van der Waals surface area contributed by atoms with E-state index in [1.54, 1.807) is 11.8 Å². The lowest BCUT2D eigenvalue weighted by Crippen LogP contribution is -2.27. The Morgan fingerprint density at radius 3 is 2.94 bits per heavy atom. The maximum atomic E-state index is 11.6. The van der Waals surface area contributed by atoms with Crippen molar-refractivity contribution < 1.29 is 9.53 Å². The Bertz CT molecular complexity index is 315. The average Bonchev–Trinajstić information content (AvgIpc) is 2.30. The number of ether oxygens (including phenoxy) is 1. The van der Waals surface area contributed by atoms with Crippen molar-refractivity contribution in [3.8, 4) is 0 Å². The summed E-state index contributed by atoms with van der Waals surface area (Å²) in [4.78, 5) is 11.6. The molecule has 0 saturated carbocycles. The third-order valence-electron chi connectivity index (χ3n) is 2.58. The summed E-state index contributed by atoms with van der Waals surface area (Å²) in [6.07, 6.45) is 3.80. The van der Waals surface area contributed by atoms with Gasteiger partial charge >= 0.3 is 5.97 Å². The normalized spacial score (nSPS) is 26.7. The van der Waals surface area contributed by atoms with Gasteiger partial charge in [-0.25, -0.2) is 4.79 Å². The van der Waals surface area contributed by atoms with Gasteiger partial charge in [0, 0.05) is 17.4 Å². The Hall–Kier alpha value is -0.290. The lowest BCUT2D eigenvalue weighted by molar-refractivity contribution is -0.137. The summed E-state index contributed by atoms with van der Waals surface area (Å²) in [5, 5.41) is 10.9. The molecule has 0 aliphatic carbocycles. The molecule has 0 saturated heterocycles. The molecule has 3 nitrogen and oxygen atoms in total. The molecular weight excluding hydrogens is 242 g/mol. The van der Waals surface area contributed by atoms with E-state index < -0.39 is 5.97 Å². The van der Waals surface area contributed by atoms with Crippen molar-refractivity contribution >= 4 is 39.3 Å². The Labute approximate surface area is 104 Å². The van der Waals surface area contributed by atoms with Gasteiger partial charge in [0.15, 0.2) is 5.44 Å². The highest BCUT2D eigenvalue weighted by molar-refractivity contribution is 8.25. The molecule has 0 aromatic rings. The number of hydrogen-bond acceptors (Lipinski definition) is 4. The minimum Gasteiger partial charge on any atom is -0.446 e. The van der Waals surface area contributed by atoms with Crippen LogP contribution in [0.3, 0.4) is 0 Å². The van der Waals surface area contributed by atoms with E-state index in [-0.39, 0.29) is 17.1 Å². The van der Waals surface area contributed by atoms with E-state index in [4.69, 9.17) is 10.1 Å². The molecule has 0 fully saturated rings. The summed E-state index contributed by atoms with van der Waals surface area (Å²) < 4.78 is 5.30. The van der Waals surface area contributed by atoms with E-state index in [0.717, 1.165) is 17.9 Å². The summed E-state index contributed by atoms with van der Waals surface area (Å²) in [5.41, 5.74) is 0.0183. The molecule has 5 heteroatoms. The zero-order chi connectivity index (χ0) is 12.1. The van der Waals surface area contributed by atoms with Gasteiger partial charge in [-0.05, 0) is 12.7 Å². The molecule has 0 radical (unpaired) electrons. The number of thioether (sulfide) groups is 1. The van der Waals surface area contributed by atoms with Crippen molar-refractivity contribution in [2.45, 2.75) is 32.1 Å².